The summed E-state index contributed by atoms with van der Waals surface area (Å²) in [6, 6.07) is 11.4. The number of benzene rings is 2. The fourth-order valence-corrected chi connectivity index (χ4v) is 3.00. The van der Waals surface area contributed by atoms with Gasteiger partial charge in [-0.2, -0.15) is 0 Å². The van der Waals surface area contributed by atoms with Gasteiger partial charge in [-0.25, -0.2) is 9.80 Å². The monoisotopic (exact) mass is 391 g/mol. The first-order valence-corrected chi connectivity index (χ1v) is 7.93. The molecular formula is C16H14BrN3O4. The number of nitrogens with zero attached hydrogens (tertiary/aromatic N) is 2. The zero-order chi connectivity index (χ0) is 17.3. The Morgan fingerprint density at radius 1 is 1.33 bits per heavy atom. The Bertz CT molecular complexity index is 794. The van der Waals surface area contributed by atoms with Crippen LogP contribution >= 0.6 is 15.9 Å². The summed E-state index contributed by atoms with van der Waals surface area (Å²) in [4.78, 5) is 23.1. The number of methoxy groups -OCH3 is 1. The molecule has 0 aromatic heterocycles. The highest BCUT2D eigenvalue weighted by Crippen LogP contribution is 2.37. The molecule has 24 heavy (non-hydrogen) atoms. The molecule has 0 spiro atoms. The van der Waals surface area contributed by atoms with Gasteiger partial charge in [-0.1, -0.05) is 34.1 Å². The van der Waals surface area contributed by atoms with Gasteiger partial charge in [0, 0.05) is 10.5 Å². The molecule has 1 N–H and O–H groups in total. The van der Waals surface area contributed by atoms with Crippen molar-refractivity contribution >= 4 is 33.3 Å². The van der Waals surface area contributed by atoms with E-state index in [0.29, 0.717) is 11.3 Å². The van der Waals surface area contributed by atoms with Gasteiger partial charge in [0.1, 0.15) is 0 Å². The molecule has 8 heteroatoms. The summed E-state index contributed by atoms with van der Waals surface area (Å²) < 4.78 is 5.81. The standard InChI is InChI=1S/C16H14BrN3O4/c1-24-16(21)15(10-5-7-11(17)8-6-10)19-9-12-13(18-19)3-2-4-14(12)20(22)23/h2-8,15,18H,9H2,1H3. The number of halogens is 1. The number of carbonyl (C=O) groups is 1. The lowest BCUT2D eigenvalue weighted by Gasteiger charge is -2.25. The second-order valence-electron chi connectivity index (χ2n) is 5.28. The van der Waals surface area contributed by atoms with Crippen LogP contribution in [-0.2, 0) is 16.1 Å². The molecule has 0 fully saturated rings. The predicted molar refractivity (Wildman–Crippen MR) is 91.2 cm³/mol. The summed E-state index contributed by atoms with van der Waals surface area (Å²) in [5.74, 6) is -0.444. The van der Waals surface area contributed by atoms with Gasteiger partial charge in [0.25, 0.3) is 5.69 Å². The number of anilines is 1. The molecular weight excluding hydrogens is 378 g/mol. The minimum atomic E-state index is -0.713. The van der Waals surface area contributed by atoms with Crippen molar-refractivity contribution in [2.24, 2.45) is 0 Å². The Morgan fingerprint density at radius 3 is 2.67 bits per heavy atom. The quantitative estimate of drug-likeness (QED) is 0.488. The third kappa shape index (κ3) is 2.98. The Labute approximate surface area is 146 Å². The lowest BCUT2D eigenvalue weighted by Crippen LogP contribution is -2.35. The molecule has 0 saturated carbocycles. The summed E-state index contributed by atoms with van der Waals surface area (Å²) in [7, 11) is 1.32. The third-order valence-corrected chi connectivity index (χ3v) is 4.39. The molecule has 1 heterocycles. The zero-order valence-electron chi connectivity index (χ0n) is 12.7. The molecule has 7 nitrogen and oxygen atoms in total. The van der Waals surface area contributed by atoms with Crippen molar-refractivity contribution in [3.8, 4) is 0 Å². The fourth-order valence-electron chi connectivity index (χ4n) is 2.74. The van der Waals surface area contributed by atoms with Crippen molar-refractivity contribution in [2.45, 2.75) is 12.6 Å². The minimum absolute atomic E-state index is 0.0296. The Kier molecular flexibility index (Phi) is 4.50. The summed E-state index contributed by atoms with van der Waals surface area (Å²) in [6.45, 7) is 0.225. The number of ether oxygens (including phenoxy) is 1. The van der Waals surface area contributed by atoms with Gasteiger partial charge in [-0.15, -0.1) is 0 Å². The van der Waals surface area contributed by atoms with Crippen LogP contribution in [0.4, 0.5) is 11.4 Å². The van der Waals surface area contributed by atoms with E-state index in [1.165, 1.54) is 13.2 Å². The van der Waals surface area contributed by atoms with Gasteiger partial charge >= 0.3 is 5.97 Å². The molecule has 0 aliphatic carbocycles. The smallest absolute Gasteiger partial charge is 0.329 e. The number of nitro benzene ring substituents is 1. The van der Waals surface area contributed by atoms with Gasteiger partial charge in [0.2, 0.25) is 0 Å². The Morgan fingerprint density at radius 2 is 2.04 bits per heavy atom. The van der Waals surface area contributed by atoms with E-state index in [0.717, 1.165) is 10.0 Å². The molecule has 0 bridgehead atoms. The van der Waals surface area contributed by atoms with E-state index in [2.05, 4.69) is 21.4 Å². The van der Waals surface area contributed by atoms with Crippen molar-refractivity contribution < 1.29 is 14.5 Å². The zero-order valence-corrected chi connectivity index (χ0v) is 14.3. The number of carbonyl (C=O) groups excluding carboxylic acids is 1. The van der Waals surface area contributed by atoms with E-state index in [1.807, 2.05) is 24.3 Å². The van der Waals surface area contributed by atoms with E-state index >= 15 is 0 Å². The van der Waals surface area contributed by atoms with Gasteiger partial charge in [-0.05, 0) is 23.8 Å². The van der Waals surface area contributed by atoms with Crippen molar-refractivity contribution in [1.29, 1.82) is 0 Å². The number of fused-ring (bicyclic) bond motifs is 1. The van der Waals surface area contributed by atoms with E-state index in [9.17, 15) is 14.9 Å². The van der Waals surface area contributed by atoms with Crippen molar-refractivity contribution in [2.75, 3.05) is 12.5 Å². The molecule has 1 aliphatic heterocycles. The molecule has 1 aliphatic rings. The topological polar surface area (TPSA) is 84.7 Å². The number of nitro groups is 1. The molecule has 3 rings (SSSR count). The maximum Gasteiger partial charge on any atom is 0.329 e. The summed E-state index contributed by atoms with van der Waals surface area (Å²) in [6.07, 6.45) is 0. The molecule has 2 aromatic carbocycles. The van der Waals surface area contributed by atoms with Crippen LogP contribution in [0.3, 0.4) is 0 Å². The number of hydrogen-bond acceptors (Lipinski definition) is 6. The van der Waals surface area contributed by atoms with E-state index in [-0.39, 0.29) is 12.2 Å². The average molecular weight is 392 g/mol. The maximum atomic E-state index is 12.3. The van der Waals surface area contributed by atoms with E-state index < -0.39 is 16.9 Å². The van der Waals surface area contributed by atoms with Crippen LogP contribution in [0.5, 0.6) is 0 Å². The van der Waals surface area contributed by atoms with Gasteiger partial charge in [0.05, 0.1) is 29.8 Å². The van der Waals surface area contributed by atoms with Gasteiger partial charge in [0.15, 0.2) is 6.04 Å². The molecule has 0 amide bonds. The molecule has 0 saturated heterocycles. The summed E-state index contributed by atoms with van der Waals surface area (Å²) in [5, 5.41) is 12.8. The largest absolute Gasteiger partial charge is 0.468 e. The first kappa shape index (κ1) is 16.4. The SMILES string of the molecule is COC(=O)C(c1ccc(Br)cc1)N1Cc2c(cccc2[N+](=O)[O-])N1. The van der Waals surface area contributed by atoms with Crippen molar-refractivity contribution in [1.82, 2.24) is 5.01 Å². The number of hydrogen-bond donors (Lipinski definition) is 1. The summed E-state index contributed by atoms with van der Waals surface area (Å²) >= 11 is 3.36. The van der Waals surface area contributed by atoms with E-state index in [4.69, 9.17) is 4.74 Å². The second-order valence-corrected chi connectivity index (χ2v) is 6.19. The number of rotatable bonds is 4. The summed E-state index contributed by atoms with van der Waals surface area (Å²) in [5.41, 5.74) is 5.00. The fraction of sp³-hybridized carbons (Fsp3) is 0.188. The Balaban J connectivity index is 1.96. The van der Waals surface area contributed by atoms with Crippen molar-refractivity contribution in [3.63, 3.8) is 0 Å². The predicted octanol–water partition coefficient (Wildman–Crippen LogP) is 3.41. The highest BCUT2D eigenvalue weighted by atomic mass is 79.9. The molecule has 2 aromatic rings. The van der Waals surface area contributed by atoms with Crippen LogP contribution in [0.15, 0.2) is 46.9 Å². The molecule has 0 radical (unpaired) electrons. The lowest BCUT2D eigenvalue weighted by molar-refractivity contribution is -0.385. The molecule has 1 atom stereocenters. The minimum Gasteiger partial charge on any atom is -0.468 e. The number of esters is 1. The van der Waals surface area contributed by atoms with Crippen LogP contribution in [0.2, 0.25) is 0 Å². The third-order valence-electron chi connectivity index (χ3n) is 3.86. The first-order chi connectivity index (χ1) is 11.5. The van der Waals surface area contributed by atoms with Crippen molar-refractivity contribution in [3.05, 3.63) is 68.2 Å². The maximum absolute atomic E-state index is 12.3. The van der Waals surface area contributed by atoms with Crippen LogP contribution < -0.4 is 5.43 Å². The lowest BCUT2D eigenvalue weighted by atomic mass is 10.1. The number of nitrogens with one attached hydrogen (secondary N) is 1. The van der Waals surface area contributed by atoms with Crippen LogP contribution in [0, 0.1) is 10.1 Å². The van der Waals surface area contributed by atoms with Gasteiger partial charge < -0.3 is 10.2 Å². The average Bonchev–Trinajstić information content (AvgIpc) is 2.99. The second kappa shape index (κ2) is 6.58. The van der Waals surface area contributed by atoms with Crippen LogP contribution in [0.1, 0.15) is 17.2 Å². The normalized spacial score (nSPS) is 14.6. The van der Waals surface area contributed by atoms with E-state index in [1.54, 1.807) is 17.1 Å². The Hall–Kier alpha value is -2.45. The number of hydrazine groups is 1. The van der Waals surface area contributed by atoms with Crippen LogP contribution in [0.25, 0.3) is 0 Å². The highest BCUT2D eigenvalue weighted by molar-refractivity contribution is 9.10. The van der Waals surface area contributed by atoms with Crippen LogP contribution in [-0.4, -0.2) is 23.0 Å². The first-order valence-electron chi connectivity index (χ1n) is 7.14. The molecule has 124 valence electrons. The van der Waals surface area contributed by atoms with Gasteiger partial charge in [-0.3, -0.25) is 10.1 Å². The highest BCUT2D eigenvalue weighted by Gasteiger charge is 2.35. The molecule has 1 unspecified atom stereocenters.